The summed E-state index contributed by atoms with van der Waals surface area (Å²) < 4.78 is 0. The molecule has 2 nitrogen and oxygen atoms in total. The first-order valence-corrected chi connectivity index (χ1v) is 9.24. The van der Waals surface area contributed by atoms with Gasteiger partial charge >= 0.3 is 0 Å². The Balaban J connectivity index is 2.20. The lowest BCUT2D eigenvalue weighted by Crippen LogP contribution is -1.90. The van der Waals surface area contributed by atoms with Crippen LogP contribution >= 0.6 is 0 Å². The van der Waals surface area contributed by atoms with E-state index in [1.54, 1.807) is 12.1 Å². The van der Waals surface area contributed by atoms with Crippen molar-refractivity contribution in [1.29, 1.82) is 10.5 Å². The monoisotopic (exact) mass is 356 g/mol. The Hall–Kier alpha value is -3.88. The van der Waals surface area contributed by atoms with Crippen LogP contribution in [0.3, 0.4) is 0 Å². The van der Waals surface area contributed by atoms with Crippen LogP contribution in [0.1, 0.15) is 22.3 Å². The van der Waals surface area contributed by atoms with Crippen LogP contribution in [0, 0.1) is 36.5 Å². The highest BCUT2D eigenvalue weighted by Crippen LogP contribution is 2.39. The fourth-order valence-electron chi connectivity index (χ4n) is 4.53. The third-order valence-electron chi connectivity index (χ3n) is 5.64. The summed E-state index contributed by atoms with van der Waals surface area (Å²) in [5, 5.41) is 28.0. The second-order valence-corrected chi connectivity index (χ2v) is 7.38. The molecule has 2 heteroatoms. The molecule has 0 saturated carbocycles. The summed E-state index contributed by atoms with van der Waals surface area (Å²) in [4.78, 5) is 0. The summed E-state index contributed by atoms with van der Waals surface area (Å²) in [5.74, 6) is 0. The van der Waals surface area contributed by atoms with Gasteiger partial charge in [-0.05, 0) is 63.9 Å². The molecular weight excluding hydrogens is 340 g/mol. The van der Waals surface area contributed by atoms with E-state index in [0.717, 1.165) is 32.3 Å². The highest BCUT2D eigenvalue weighted by atomic mass is 14.3. The standard InChI is InChI=1S/C26H16N2/c1-15-11-16(2)23-19(12-15)6-5-17-3-4-18-9-10-22-20(13-27)7-8-21(14-28)24(22)26(18)25(17)23/h3-12H,1-2H3. The lowest BCUT2D eigenvalue weighted by atomic mass is 9.88. The first-order valence-electron chi connectivity index (χ1n) is 9.24. The van der Waals surface area contributed by atoms with Crippen molar-refractivity contribution in [2.45, 2.75) is 13.8 Å². The Kier molecular flexibility index (Phi) is 3.38. The molecule has 0 unspecified atom stereocenters. The lowest BCUT2D eigenvalue weighted by Gasteiger charge is -2.14. The molecule has 0 N–H and O–H groups in total. The number of hydrogen-bond acceptors (Lipinski definition) is 2. The van der Waals surface area contributed by atoms with Gasteiger partial charge < -0.3 is 0 Å². The highest BCUT2D eigenvalue weighted by Gasteiger charge is 2.14. The van der Waals surface area contributed by atoms with Crippen molar-refractivity contribution >= 4 is 43.1 Å². The zero-order valence-electron chi connectivity index (χ0n) is 15.7. The predicted molar refractivity (Wildman–Crippen MR) is 115 cm³/mol. The number of nitriles is 2. The average Bonchev–Trinajstić information content (AvgIpc) is 2.71. The molecule has 0 amide bonds. The summed E-state index contributed by atoms with van der Waals surface area (Å²) in [5.41, 5.74) is 3.66. The summed E-state index contributed by atoms with van der Waals surface area (Å²) in [6.07, 6.45) is 0. The van der Waals surface area contributed by atoms with Gasteiger partial charge in [0.05, 0.1) is 23.3 Å². The van der Waals surface area contributed by atoms with Gasteiger partial charge in [0.1, 0.15) is 0 Å². The van der Waals surface area contributed by atoms with Crippen molar-refractivity contribution in [2.75, 3.05) is 0 Å². The van der Waals surface area contributed by atoms with Crippen LogP contribution in [-0.2, 0) is 0 Å². The zero-order chi connectivity index (χ0) is 19.4. The van der Waals surface area contributed by atoms with Gasteiger partial charge in [0.15, 0.2) is 0 Å². The molecule has 0 atom stereocenters. The highest BCUT2D eigenvalue weighted by molar-refractivity contribution is 6.29. The smallest absolute Gasteiger partial charge is 0.0998 e. The summed E-state index contributed by atoms with van der Waals surface area (Å²) in [7, 11) is 0. The van der Waals surface area contributed by atoms with E-state index in [-0.39, 0.29) is 0 Å². The fourth-order valence-corrected chi connectivity index (χ4v) is 4.53. The lowest BCUT2D eigenvalue weighted by molar-refractivity contribution is 1.44. The van der Waals surface area contributed by atoms with Gasteiger partial charge in [-0.2, -0.15) is 10.5 Å². The van der Waals surface area contributed by atoms with Gasteiger partial charge in [0, 0.05) is 10.8 Å². The number of hydrogen-bond donors (Lipinski definition) is 0. The number of aryl methyl sites for hydroxylation is 2. The fraction of sp³-hybridized carbons (Fsp3) is 0.0769. The van der Waals surface area contributed by atoms with E-state index in [9.17, 15) is 10.5 Å². The Morgan fingerprint density at radius 2 is 1.14 bits per heavy atom. The van der Waals surface area contributed by atoms with Crippen molar-refractivity contribution in [3.05, 3.63) is 82.9 Å². The molecule has 0 aliphatic heterocycles. The molecule has 130 valence electrons. The van der Waals surface area contributed by atoms with Crippen LogP contribution in [0.5, 0.6) is 0 Å². The van der Waals surface area contributed by atoms with Gasteiger partial charge in [-0.15, -0.1) is 0 Å². The first kappa shape index (κ1) is 16.3. The van der Waals surface area contributed by atoms with Crippen molar-refractivity contribution in [2.24, 2.45) is 0 Å². The van der Waals surface area contributed by atoms with E-state index in [2.05, 4.69) is 68.5 Å². The molecule has 0 heterocycles. The van der Waals surface area contributed by atoms with Gasteiger partial charge in [-0.1, -0.05) is 54.1 Å². The molecule has 0 fully saturated rings. The summed E-state index contributed by atoms with van der Waals surface area (Å²) >= 11 is 0. The van der Waals surface area contributed by atoms with Crippen LogP contribution in [0.4, 0.5) is 0 Å². The number of rotatable bonds is 0. The molecule has 0 aliphatic carbocycles. The van der Waals surface area contributed by atoms with Crippen LogP contribution in [-0.4, -0.2) is 0 Å². The molecule has 0 spiro atoms. The predicted octanol–water partition coefficient (Wildman–Crippen LogP) is 6.66. The summed E-state index contributed by atoms with van der Waals surface area (Å²) in [6.45, 7) is 4.26. The van der Waals surface area contributed by atoms with Crippen LogP contribution in [0.25, 0.3) is 43.1 Å². The van der Waals surface area contributed by atoms with Crippen molar-refractivity contribution in [3.63, 3.8) is 0 Å². The number of benzene rings is 5. The SMILES string of the molecule is Cc1cc(C)c2c(ccc3ccc4ccc5c(C#N)ccc(C#N)c5c4c32)c1. The van der Waals surface area contributed by atoms with Gasteiger partial charge in [0.25, 0.3) is 0 Å². The Bertz CT molecular complexity index is 1540. The molecule has 28 heavy (non-hydrogen) atoms. The van der Waals surface area contributed by atoms with Crippen LogP contribution < -0.4 is 0 Å². The van der Waals surface area contributed by atoms with Gasteiger partial charge in [-0.25, -0.2) is 0 Å². The average molecular weight is 356 g/mol. The zero-order valence-corrected chi connectivity index (χ0v) is 15.7. The molecule has 0 radical (unpaired) electrons. The normalized spacial score (nSPS) is 11.1. The Labute approximate surface area is 162 Å². The van der Waals surface area contributed by atoms with E-state index >= 15 is 0 Å². The van der Waals surface area contributed by atoms with E-state index in [4.69, 9.17) is 0 Å². The number of nitrogens with zero attached hydrogens (tertiary/aromatic N) is 2. The summed E-state index contributed by atoms with van der Waals surface area (Å²) in [6, 6.07) is 25.1. The minimum atomic E-state index is 0.598. The minimum absolute atomic E-state index is 0.598. The van der Waals surface area contributed by atoms with E-state index in [1.807, 2.05) is 6.07 Å². The van der Waals surface area contributed by atoms with E-state index in [1.165, 1.54) is 21.9 Å². The molecule has 0 saturated heterocycles. The minimum Gasteiger partial charge on any atom is -0.192 e. The molecule has 5 aromatic rings. The van der Waals surface area contributed by atoms with Crippen molar-refractivity contribution < 1.29 is 0 Å². The quantitative estimate of drug-likeness (QED) is 0.291. The maximum atomic E-state index is 9.80. The second kappa shape index (κ2) is 5.81. The largest absolute Gasteiger partial charge is 0.192 e. The van der Waals surface area contributed by atoms with Crippen LogP contribution in [0.2, 0.25) is 0 Å². The Morgan fingerprint density at radius 1 is 0.571 bits per heavy atom. The molecule has 0 aliphatic rings. The molecule has 5 rings (SSSR count). The van der Waals surface area contributed by atoms with Gasteiger partial charge in [-0.3, -0.25) is 0 Å². The second-order valence-electron chi connectivity index (χ2n) is 7.38. The van der Waals surface area contributed by atoms with Crippen molar-refractivity contribution in [3.8, 4) is 12.1 Å². The van der Waals surface area contributed by atoms with Crippen LogP contribution in [0.15, 0.2) is 60.7 Å². The maximum absolute atomic E-state index is 9.80. The van der Waals surface area contributed by atoms with E-state index < -0.39 is 0 Å². The first-order chi connectivity index (χ1) is 13.6. The topological polar surface area (TPSA) is 47.6 Å². The molecule has 0 bridgehead atoms. The maximum Gasteiger partial charge on any atom is 0.0998 e. The third kappa shape index (κ3) is 2.13. The number of fused-ring (bicyclic) bond motifs is 7. The van der Waals surface area contributed by atoms with Gasteiger partial charge in [0.2, 0.25) is 0 Å². The van der Waals surface area contributed by atoms with Crippen molar-refractivity contribution in [1.82, 2.24) is 0 Å². The van der Waals surface area contributed by atoms with E-state index in [0.29, 0.717) is 11.1 Å². The molecular formula is C26H16N2. The third-order valence-corrected chi connectivity index (χ3v) is 5.64. The molecule has 5 aromatic carbocycles. The molecule has 0 aromatic heterocycles. The Morgan fingerprint density at radius 3 is 1.82 bits per heavy atom.